The summed E-state index contributed by atoms with van der Waals surface area (Å²) in [5.41, 5.74) is 0.665. The number of hydrogen-bond acceptors (Lipinski definition) is 2. The number of alkyl halides is 3. The molecule has 0 amide bonds. The lowest BCUT2D eigenvalue weighted by molar-refractivity contribution is -0.137. The van der Waals surface area contributed by atoms with Crippen LogP contribution >= 0.6 is 15.9 Å². The minimum absolute atomic E-state index is 0.133. The van der Waals surface area contributed by atoms with Gasteiger partial charge in [-0.15, -0.1) is 0 Å². The van der Waals surface area contributed by atoms with Crippen molar-refractivity contribution in [3.63, 3.8) is 0 Å². The topological polar surface area (TPSA) is 29.9 Å². The summed E-state index contributed by atoms with van der Waals surface area (Å²) in [7, 11) is 0. The molecule has 1 fully saturated rings. The molecule has 3 nitrogen and oxygen atoms in total. The van der Waals surface area contributed by atoms with Crippen molar-refractivity contribution >= 4 is 15.9 Å². The Morgan fingerprint density at radius 1 is 1.33 bits per heavy atom. The van der Waals surface area contributed by atoms with Gasteiger partial charge >= 0.3 is 6.18 Å². The van der Waals surface area contributed by atoms with E-state index < -0.39 is 11.7 Å². The first-order chi connectivity index (χ1) is 9.97. The van der Waals surface area contributed by atoms with Gasteiger partial charge in [-0.3, -0.25) is 0 Å². The third-order valence-electron chi connectivity index (χ3n) is 3.62. The van der Waals surface area contributed by atoms with E-state index in [2.05, 4.69) is 26.2 Å². The first-order valence-electron chi connectivity index (χ1n) is 6.59. The van der Waals surface area contributed by atoms with Crippen LogP contribution < -0.4 is 5.32 Å². The monoisotopic (exact) mass is 359 g/mol. The SMILES string of the molecule is FC(F)(F)c1ccc(Br)c(-n2cncc2[C@@H]2CCCN2)c1. The molecular weight excluding hydrogens is 347 g/mol. The normalized spacial score (nSPS) is 19.1. The largest absolute Gasteiger partial charge is 0.416 e. The number of hydrogen-bond donors (Lipinski definition) is 1. The van der Waals surface area contributed by atoms with Gasteiger partial charge in [0, 0.05) is 10.5 Å². The molecule has 1 N–H and O–H groups in total. The van der Waals surface area contributed by atoms with Crippen molar-refractivity contribution in [1.82, 2.24) is 14.9 Å². The molecule has 1 aliphatic rings. The summed E-state index contributed by atoms with van der Waals surface area (Å²) in [6.45, 7) is 0.916. The standard InChI is InChI=1S/C14H13BrF3N3/c15-10-4-3-9(14(16,17)18)6-12(10)21-8-19-7-13(21)11-2-1-5-20-11/h3-4,6-8,11,20H,1-2,5H2/t11-/m0/s1. The summed E-state index contributed by atoms with van der Waals surface area (Å²) < 4.78 is 41.0. The van der Waals surface area contributed by atoms with Gasteiger partial charge in [-0.25, -0.2) is 4.98 Å². The van der Waals surface area contributed by atoms with Crippen molar-refractivity contribution in [3.8, 4) is 5.69 Å². The van der Waals surface area contributed by atoms with Crippen LogP contribution in [0.3, 0.4) is 0 Å². The predicted octanol–water partition coefficient (Wildman–Crippen LogP) is 4.08. The first kappa shape index (κ1) is 14.6. The molecule has 0 radical (unpaired) electrons. The number of aromatic nitrogens is 2. The summed E-state index contributed by atoms with van der Waals surface area (Å²) in [5, 5.41) is 3.34. The van der Waals surface area contributed by atoms with Gasteiger partial charge in [-0.2, -0.15) is 13.2 Å². The van der Waals surface area contributed by atoms with E-state index in [1.807, 2.05) is 0 Å². The van der Waals surface area contributed by atoms with Gasteiger partial charge in [0.15, 0.2) is 0 Å². The average Bonchev–Trinajstić information content (AvgIpc) is 3.08. The highest BCUT2D eigenvalue weighted by molar-refractivity contribution is 9.10. The molecule has 0 unspecified atom stereocenters. The van der Waals surface area contributed by atoms with Crippen molar-refractivity contribution in [2.75, 3.05) is 6.54 Å². The number of nitrogens with one attached hydrogen (secondary N) is 1. The molecular formula is C14H13BrF3N3. The fourth-order valence-corrected chi connectivity index (χ4v) is 3.01. The van der Waals surface area contributed by atoms with Gasteiger partial charge in [-0.05, 0) is 53.5 Å². The van der Waals surface area contributed by atoms with Crippen LogP contribution in [0.1, 0.15) is 30.1 Å². The van der Waals surface area contributed by atoms with Crippen LogP contribution in [0.25, 0.3) is 5.69 Å². The maximum Gasteiger partial charge on any atom is 0.416 e. The lowest BCUT2D eigenvalue weighted by Crippen LogP contribution is -2.16. The van der Waals surface area contributed by atoms with E-state index >= 15 is 0 Å². The second kappa shape index (κ2) is 5.46. The van der Waals surface area contributed by atoms with E-state index in [0.29, 0.717) is 10.2 Å². The van der Waals surface area contributed by atoms with Crippen molar-refractivity contribution < 1.29 is 13.2 Å². The molecule has 0 saturated carbocycles. The van der Waals surface area contributed by atoms with E-state index in [0.717, 1.165) is 37.2 Å². The molecule has 1 aromatic heterocycles. The van der Waals surface area contributed by atoms with E-state index in [1.54, 1.807) is 17.1 Å². The molecule has 1 aromatic carbocycles. The molecule has 3 rings (SSSR count). The van der Waals surface area contributed by atoms with E-state index in [-0.39, 0.29) is 6.04 Å². The maximum absolute atomic E-state index is 12.9. The van der Waals surface area contributed by atoms with Crippen LogP contribution in [0.2, 0.25) is 0 Å². The summed E-state index contributed by atoms with van der Waals surface area (Å²) in [6.07, 6.45) is 0.912. The molecule has 21 heavy (non-hydrogen) atoms. The van der Waals surface area contributed by atoms with Gasteiger partial charge in [0.2, 0.25) is 0 Å². The fraction of sp³-hybridized carbons (Fsp3) is 0.357. The second-order valence-electron chi connectivity index (χ2n) is 5.00. The Hall–Kier alpha value is -1.34. The number of rotatable bonds is 2. The smallest absolute Gasteiger partial charge is 0.309 e. The third kappa shape index (κ3) is 2.85. The molecule has 2 aromatic rings. The van der Waals surface area contributed by atoms with Gasteiger partial charge < -0.3 is 9.88 Å². The predicted molar refractivity (Wildman–Crippen MR) is 76.2 cm³/mol. The van der Waals surface area contributed by atoms with Gasteiger partial charge in [-0.1, -0.05) is 0 Å². The van der Waals surface area contributed by atoms with Gasteiger partial charge in [0.1, 0.15) is 0 Å². The van der Waals surface area contributed by atoms with E-state index in [1.165, 1.54) is 6.07 Å². The Labute approximate surface area is 128 Å². The summed E-state index contributed by atoms with van der Waals surface area (Å²) in [4.78, 5) is 4.10. The molecule has 112 valence electrons. The Bertz CT molecular complexity index is 645. The highest BCUT2D eigenvalue weighted by Gasteiger charge is 2.31. The molecule has 1 saturated heterocycles. The molecule has 0 spiro atoms. The Morgan fingerprint density at radius 3 is 2.81 bits per heavy atom. The lowest BCUT2D eigenvalue weighted by atomic mass is 10.1. The Balaban J connectivity index is 2.06. The van der Waals surface area contributed by atoms with Crippen molar-refractivity contribution in [3.05, 3.63) is 46.5 Å². The molecule has 0 aliphatic carbocycles. The summed E-state index contributed by atoms with van der Waals surface area (Å²) in [6, 6.07) is 3.76. The minimum atomic E-state index is -4.36. The molecule has 0 bridgehead atoms. The van der Waals surface area contributed by atoms with Crippen LogP contribution in [-0.2, 0) is 6.18 Å². The van der Waals surface area contributed by atoms with Crippen LogP contribution in [-0.4, -0.2) is 16.1 Å². The number of benzene rings is 1. The zero-order valence-corrected chi connectivity index (χ0v) is 12.6. The quantitative estimate of drug-likeness (QED) is 0.875. The number of nitrogens with zero attached hydrogens (tertiary/aromatic N) is 2. The highest BCUT2D eigenvalue weighted by Crippen LogP contribution is 2.34. The third-order valence-corrected chi connectivity index (χ3v) is 4.29. The van der Waals surface area contributed by atoms with E-state index in [9.17, 15) is 13.2 Å². The van der Waals surface area contributed by atoms with Crippen LogP contribution in [0.15, 0.2) is 35.2 Å². The Morgan fingerprint density at radius 2 is 2.14 bits per heavy atom. The minimum Gasteiger partial charge on any atom is -0.309 e. The molecule has 2 heterocycles. The summed E-state index contributed by atoms with van der Waals surface area (Å²) >= 11 is 3.32. The summed E-state index contributed by atoms with van der Waals surface area (Å²) in [5.74, 6) is 0. The van der Waals surface area contributed by atoms with Crippen molar-refractivity contribution in [1.29, 1.82) is 0 Å². The van der Waals surface area contributed by atoms with Crippen molar-refractivity contribution in [2.24, 2.45) is 0 Å². The van der Waals surface area contributed by atoms with E-state index in [4.69, 9.17) is 0 Å². The second-order valence-corrected chi connectivity index (χ2v) is 5.86. The zero-order valence-electron chi connectivity index (χ0n) is 11.0. The zero-order chi connectivity index (χ0) is 15.0. The first-order valence-corrected chi connectivity index (χ1v) is 7.39. The van der Waals surface area contributed by atoms with Gasteiger partial charge in [0.05, 0.1) is 29.5 Å². The highest BCUT2D eigenvalue weighted by atomic mass is 79.9. The number of imidazole rings is 1. The van der Waals surface area contributed by atoms with Gasteiger partial charge in [0.25, 0.3) is 0 Å². The molecule has 1 atom stereocenters. The fourth-order valence-electron chi connectivity index (χ4n) is 2.57. The van der Waals surface area contributed by atoms with Crippen LogP contribution in [0, 0.1) is 0 Å². The average molecular weight is 360 g/mol. The van der Waals surface area contributed by atoms with Crippen molar-refractivity contribution in [2.45, 2.75) is 25.1 Å². The Kier molecular flexibility index (Phi) is 3.79. The maximum atomic E-state index is 12.9. The van der Waals surface area contributed by atoms with Crippen LogP contribution in [0.5, 0.6) is 0 Å². The molecule has 7 heteroatoms. The van der Waals surface area contributed by atoms with Crippen LogP contribution in [0.4, 0.5) is 13.2 Å². The molecule has 1 aliphatic heterocycles. The lowest BCUT2D eigenvalue weighted by Gasteiger charge is -2.16. The number of halogens is 4.